The lowest BCUT2D eigenvalue weighted by molar-refractivity contribution is 0.480. The molecule has 1 unspecified atom stereocenters. The second-order valence-corrected chi connectivity index (χ2v) is 5.08. The van der Waals surface area contributed by atoms with E-state index in [1.165, 1.54) is 11.3 Å². The van der Waals surface area contributed by atoms with Crippen LogP contribution in [0, 0.1) is 20.8 Å². The zero-order valence-corrected chi connectivity index (χ0v) is 12.4. The van der Waals surface area contributed by atoms with E-state index in [2.05, 4.69) is 29.5 Å². The summed E-state index contributed by atoms with van der Waals surface area (Å²) < 4.78 is 7.61. The number of aryl methyl sites for hydroxylation is 4. The summed E-state index contributed by atoms with van der Waals surface area (Å²) in [6.45, 7) is 9.11. The lowest BCUT2D eigenvalue weighted by atomic mass is 10.0. The molecule has 0 saturated heterocycles. The van der Waals surface area contributed by atoms with Crippen molar-refractivity contribution in [3.05, 3.63) is 40.6 Å². The Labute approximate surface area is 114 Å². The SMILES string of the molecule is CCNC(Cc1cc(C)nn1C)c1cc(C)oc1C. The molecule has 0 amide bonds. The van der Waals surface area contributed by atoms with Crippen molar-refractivity contribution in [1.29, 1.82) is 0 Å². The minimum absolute atomic E-state index is 0.275. The first-order chi connectivity index (χ1) is 9.01. The summed E-state index contributed by atoms with van der Waals surface area (Å²) in [5, 5.41) is 7.95. The van der Waals surface area contributed by atoms with Gasteiger partial charge in [-0.25, -0.2) is 0 Å². The van der Waals surface area contributed by atoms with Crippen LogP contribution in [0.2, 0.25) is 0 Å². The number of hydrogen-bond acceptors (Lipinski definition) is 3. The van der Waals surface area contributed by atoms with E-state index in [1.807, 2.05) is 32.5 Å². The van der Waals surface area contributed by atoms with Gasteiger partial charge in [0.25, 0.3) is 0 Å². The Kier molecular flexibility index (Phi) is 4.10. The fourth-order valence-electron chi connectivity index (χ4n) is 2.60. The molecule has 0 aromatic carbocycles. The maximum atomic E-state index is 5.65. The zero-order chi connectivity index (χ0) is 14.0. The Balaban J connectivity index is 2.26. The second-order valence-electron chi connectivity index (χ2n) is 5.08. The molecule has 1 N–H and O–H groups in total. The Morgan fingerprint density at radius 2 is 2.05 bits per heavy atom. The molecular weight excluding hydrogens is 238 g/mol. The van der Waals surface area contributed by atoms with Gasteiger partial charge in [0, 0.05) is 30.8 Å². The summed E-state index contributed by atoms with van der Waals surface area (Å²) in [6.07, 6.45) is 0.922. The van der Waals surface area contributed by atoms with Gasteiger partial charge in [-0.05, 0) is 39.4 Å². The third kappa shape index (κ3) is 3.07. The first kappa shape index (κ1) is 13.9. The molecule has 0 fully saturated rings. The monoisotopic (exact) mass is 261 g/mol. The normalized spacial score (nSPS) is 12.9. The Morgan fingerprint density at radius 3 is 2.53 bits per heavy atom. The number of aromatic nitrogens is 2. The smallest absolute Gasteiger partial charge is 0.105 e. The predicted molar refractivity (Wildman–Crippen MR) is 76.2 cm³/mol. The molecule has 0 bridgehead atoms. The number of furan rings is 1. The van der Waals surface area contributed by atoms with Gasteiger partial charge in [-0.3, -0.25) is 4.68 Å². The highest BCUT2D eigenvalue weighted by molar-refractivity contribution is 5.26. The summed E-state index contributed by atoms with van der Waals surface area (Å²) in [7, 11) is 2.00. The van der Waals surface area contributed by atoms with Gasteiger partial charge < -0.3 is 9.73 Å². The molecule has 0 aliphatic heterocycles. The van der Waals surface area contributed by atoms with E-state index in [9.17, 15) is 0 Å². The van der Waals surface area contributed by atoms with Crippen molar-refractivity contribution in [2.45, 2.75) is 40.2 Å². The third-order valence-electron chi connectivity index (χ3n) is 3.42. The molecular formula is C15H23N3O. The number of nitrogens with one attached hydrogen (secondary N) is 1. The maximum Gasteiger partial charge on any atom is 0.105 e. The van der Waals surface area contributed by atoms with E-state index in [1.54, 1.807) is 0 Å². The van der Waals surface area contributed by atoms with Crippen molar-refractivity contribution in [1.82, 2.24) is 15.1 Å². The first-order valence-electron chi connectivity index (χ1n) is 6.81. The van der Waals surface area contributed by atoms with Crippen molar-refractivity contribution in [3.8, 4) is 0 Å². The molecule has 0 aliphatic carbocycles. The highest BCUT2D eigenvalue weighted by atomic mass is 16.3. The highest BCUT2D eigenvalue weighted by Gasteiger charge is 2.18. The largest absolute Gasteiger partial charge is 0.466 e. The fourth-order valence-corrected chi connectivity index (χ4v) is 2.60. The van der Waals surface area contributed by atoms with Crippen LogP contribution >= 0.6 is 0 Å². The molecule has 2 aromatic rings. The molecule has 0 saturated carbocycles. The summed E-state index contributed by atoms with van der Waals surface area (Å²) in [6, 6.07) is 4.55. The number of nitrogens with zero attached hydrogens (tertiary/aromatic N) is 2. The molecule has 0 spiro atoms. The van der Waals surface area contributed by atoms with E-state index < -0.39 is 0 Å². The molecule has 2 rings (SSSR count). The van der Waals surface area contributed by atoms with E-state index >= 15 is 0 Å². The molecule has 4 heteroatoms. The third-order valence-corrected chi connectivity index (χ3v) is 3.42. The van der Waals surface area contributed by atoms with Crippen LogP contribution in [0.25, 0.3) is 0 Å². The number of likely N-dealkylation sites (N-methyl/N-ethyl adjacent to an activating group) is 1. The van der Waals surface area contributed by atoms with E-state index in [-0.39, 0.29) is 6.04 Å². The number of rotatable bonds is 5. The molecule has 0 radical (unpaired) electrons. The van der Waals surface area contributed by atoms with Gasteiger partial charge in [0.15, 0.2) is 0 Å². The average Bonchev–Trinajstić information content (AvgIpc) is 2.81. The lowest BCUT2D eigenvalue weighted by Crippen LogP contribution is -2.24. The Morgan fingerprint density at radius 1 is 1.32 bits per heavy atom. The van der Waals surface area contributed by atoms with Crippen LogP contribution in [-0.2, 0) is 13.5 Å². The molecule has 2 heterocycles. The van der Waals surface area contributed by atoms with Gasteiger partial charge in [-0.1, -0.05) is 6.92 Å². The van der Waals surface area contributed by atoms with E-state index in [4.69, 9.17) is 4.42 Å². The van der Waals surface area contributed by atoms with Crippen LogP contribution in [0.3, 0.4) is 0 Å². The van der Waals surface area contributed by atoms with Gasteiger partial charge in [-0.2, -0.15) is 5.10 Å². The zero-order valence-electron chi connectivity index (χ0n) is 12.4. The van der Waals surface area contributed by atoms with Crippen LogP contribution < -0.4 is 5.32 Å². The average molecular weight is 261 g/mol. The van der Waals surface area contributed by atoms with Gasteiger partial charge in [0.2, 0.25) is 0 Å². The first-order valence-corrected chi connectivity index (χ1v) is 6.81. The molecule has 1 atom stereocenters. The van der Waals surface area contributed by atoms with Crippen LogP contribution in [0.15, 0.2) is 16.5 Å². The summed E-state index contributed by atoms with van der Waals surface area (Å²) >= 11 is 0. The van der Waals surface area contributed by atoms with Crippen molar-refractivity contribution in [2.75, 3.05) is 6.54 Å². The second kappa shape index (κ2) is 5.61. The van der Waals surface area contributed by atoms with Gasteiger partial charge in [0.1, 0.15) is 11.5 Å². The predicted octanol–water partition coefficient (Wildman–Crippen LogP) is 2.83. The Bertz CT molecular complexity index is 554. The van der Waals surface area contributed by atoms with Crippen LogP contribution in [0.5, 0.6) is 0 Å². The fraction of sp³-hybridized carbons (Fsp3) is 0.533. The highest BCUT2D eigenvalue weighted by Crippen LogP contribution is 2.24. The molecule has 4 nitrogen and oxygen atoms in total. The van der Waals surface area contributed by atoms with Crippen LogP contribution in [-0.4, -0.2) is 16.3 Å². The van der Waals surface area contributed by atoms with Gasteiger partial charge in [-0.15, -0.1) is 0 Å². The van der Waals surface area contributed by atoms with Crippen molar-refractivity contribution in [2.24, 2.45) is 7.05 Å². The quantitative estimate of drug-likeness (QED) is 0.900. The van der Waals surface area contributed by atoms with Crippen LogP contribution in [0.1, 0.15) is 41.4 Å². The minimum atomic E-state index is 0.275. The topological polar surface area (TPSA) is 43.0 Å². The molecule has 0 aliphatic rings. The summed E-state index contributed by atoms with van der Waals surface area (Å²) in [5.41, 5.74) is 3.55. The number of hydrogen-bond donors (Lipinski definition) is 1. The molecule has 104 valence electrons. The molecule has 2 aromatic heterocycles. The van der Waals surface area contributed by atoms with E-state index in [0.29, 0.717) is 0 Å². The van der Waals surface area contributed by atoms with Crippen LogP contribution in [0.4, 0.5) is 0 Å². The van der Waals surface area contributed by atoms with Crippen molar-refractivity contribution < 1.29 is 4.42 Å². The molecule has 19 heavy (non-hydrogen) atoms. The Hall–Kier alpha value is -1.55. The van der Waals surface area contributed by atoms with E-state index in [0.717, 1.165) is 30.2 Å². The standard InChI is InChI=1S/C15H23N3O/c1-6-16-15(14-8-11(3)19-12(14)4)9-13-7-10(2)17-18(13)5/h7-8,15-16H,6,9H2,1-5H3. The van der Waals surface area contributed by atoms with Crippen molar-refractivity contribution in [3.63, 3.8) is 0 Å². The summed E-state index contributed by atoms with van der Waals surface area (Å²) in [4.78, 5) is 0. The maximum absolute atomic E-state index is 5.65. The van der Waals surface area contributed by atoms with Gasteiger partial charge >= 0.3 is 0 Å². The minimum Gasteiger partial charge on any atom is -0.466 e. The van der Waals surface area contributed by atoms with Crippen molar-refractivity contribution >= 4 is 0 Å². The lowest BCUT2D eigenvalue weighted by Gasteiger charge is -2.17. The van der Waals surface area contributed by atoms with Gasteiger partial charge in [0.05, 0.1) is 5.69 Å². The summed E-state index contributed by atoms with van der Waals surface area (Å²) in [5.74, 6) is 1.97.